The molecule has 0 saturated heterocycles. The molecule has 0 aliphatic rings. The lowest BCUT2D eigenvalue weighted by atomic mass is 10.1. The van der Waals surface area contributed by atoms with E-state index in [4.69, 9.17) is 13.9 Å². The Kier molecular flexibility index (Phi) is 7.06. The predicted octanol–water partition coefficient (Wildman–Crippen LogP) is 4.18. The number of nitrogens with zero attached hydrogens (tertiary/aromatic N) is 3. The molecule has 0 bridgehead atoms. The topological polar surface area (TPSA) is 125 Å². The Labute approximate surface area is 205 Å². The zero-order valence-electron chi connectivity index (χ0n) is 19.7. The number of ether oxygens (including phenoxy) is 2. The number of pyridine rings is 1. The van der Waals surface area contributed by atoms with Crippen LogP contribution in [0.3, 0.4) is 0 Å². The first kappa shape index (κ1) is 24.3. The Morgan fingerprint density at radius 1 is 1.03 bits per heavy atom. The summed E-state index contributed by atoms with van der Waals surface area (Å²) in [5.41, 5.74) is 2.44. The van der Waals surface area contributed by atoms with E-state index in [0.717, 1.165) is 16.5 Å². The van der Waals surface area contributed by atoms with Gasteiger partial charge in [0.1, 0.15) is 16.9 Å². The molecular formula is C24H24N4O6S. The number of thioether (sulfide) groups is 1. The molecule has 0 aliphatic carbocycles. The molecule has 35 heavy (non-hydrogen) atoms. The molecule has 1 N–H and O–H groups in total. The number of fused-ring (bicyclic) bond motifs is 3. The van der Waals surface area contributed by atoms with E-state index in [-0.39, 0.29) is 41.7 Å². The first-order valence-corrected chi connectivity index (χ1v) is 12.0. The molecule has 0 fully saturated rings. The summed E-state index contributed by atoms with van der Waals surface area (Å²) in [5, 5.41) is 12.6. The third kappa shape index (κ3) is 4.72. The molecule has 4 rings (SSSR count). The molecule has 0 atom stereocenters. The Balaban J connectivity index is 1.58. The van der Waals surface area contributed by atoms with Gasteiger partial charge in [0.25, 0.3) is 0 Å². The van der Waals surface area contributed by atoms with Crippen molar-refractivity contribution in [2.24, 2.45) is 0 Å². The van der Waals surface area contributed by atoms with Crippen LogP contribution in [-0.2, 0) is 14.3 Å². The lowest BCUT2D eigenvalue weighted by Crippen LogP contribution is -2.18. The van der Waals surface area contributed by atoms with Gasteiger partial charge in [-0.3, -0.25) is 14.5 Å². The maximum absolute atomic E-state index is 12.8. The van der Waals surface area contributed by atoms with Gasteiger partial charge in [-0.05, 0) is 45.4 Å². The fourth-order valence-electron chi connectivity index (χ4n) is 3.74. The molecule has 0 aliphatic heterocycles. The van der Waals surface area contributed by atoms with Gasteiger partial charge in [-0.2, -0.15) is 0 Å². The summed E-state index contributed by atoms with van der Waals surface area (Å²) >= 11 is 1.18. The largest absolute Gasteiger partial charge is 0.462 e. The summed E-state index contributed by atoms with van der Waals surface area (Å²) in [6.45, 7) is 7.00. The SMILES string of the molecule is CCOC(=O)c1c(C)oc(NC(=O)CSc2nnc3cc(C)c4ccccc4n23)c1C(=O)OCC. The molecule has 0 radical (unpaired) electrons. The monoisotopic (exact) mass is 496 g/mol. The number of aromatic nitrogens is 3. The van der Waals surface area contributed by atoms with Crippen molar-refractivity contribution in [1.82, 2.24) is 14.6 Å². The average molecular weight is 497 g/mol. The minimum atomic E-state index is -0.791. The summed E-state index contributed by atoms with van der Waals surface area (Å²) < 4.78 is 17.5. The summed E-state index contributed by atoms with van der Waals surface area (Å²) in [4.78, 5) is 37.8. The fourth-order valence-corrected chi connectivity index (χ4v) is 4.49. The van der Waals surface area contributed by atoms with Crippen LogP contribution < -0.4 is 5.32 Å². The number of carbonyl (C=O) groups is 3. The number of esters is 2. The van der Waals surface area contributed by atoms with Crippen LogP contribution in [0.5, 0.6) is 0 Å². The maximum Gasteiger partial charge on any atom is 0.344 e. The number of nitrogens with one attached hydrogen (secondary N) is 1. The van der Waals surface area contributed by atoms with Gasteiger partial charge >= 0.3 is 11.9 Å². The van der Waals surface area contributed by atoms with Crippen molar-refractivity contribution in [3.63, 3.8) is 0 Å². The van der Waals surface area contributed by atoms with Crippen molar-refractivity contribution >= 4 is 52.0 Å². The molecule has 0 unspecified atom stereocenters. The van der Waals surface area contributed by atoms with Gasteiger partial charge in [0.2, 0.25) is 11.8 Å². The summed E-state index contributed by atoms with van der Waals surface area (Å²) in [6.07, 6.45) is 0. The second-order valence-corrected chi connectivity index (χ2v) is 8.48. The van der Waals surface area contributed by atoms with E-state index < -0.39 is 17.8 Å². The molecule has 0 saturated carbocycles. The van der Waals surface area contributed by atoms with E-state index >= 15 is 0 Å². The second-order valence-electron chi connectivity index (χ2n) is 7.54. The van der Waals surface area contributed by atoms with Crippen LogP contribution in [0.15, 0.2) is 39.9 Å². The minimum Gasteiger partial charge on any atom is -0.462 e. The number of anilines is 1. The number of hydrogen-bond acceptors (Lipinski definition) is 9. The number of benzene rings is 1. The first-order chi connectivity index (χ1) is 16.8. The highest BCUT2D eigenvalue weighted by molar-refractivity contribution is 7.99. The van der Waals surface area contributed by atoms with Crippen molar-refractivity contribution in [3.8, 4) is 0 Å². The van der Waals surface area contributed by atoms with E-state index in [1.54, 1.807) is 13.8 Å². The third-order valence-corrected chi connectivity index (χ3v) is 6.13. The van der Waals surface area contributed by atoms with Gasteiger partial charge in [-0.25, -0.2) is 9.59 Å². The molecule has 182 valence electrons. The van der Waals surface area contributed by atoms with E-state index in [1.807, 2.05) is 41.7 Å². The van der Waals surface area contributed by atoms with Crippen LogP contribution in [0.4, 0.5) is 5.88 Å². The molecular weight excluding hydrogens is 472 g/mol. The number of rotatable bonds is 8. The molecule has 10 nitrogen and oxygen atoms in total. The first-order valence-electron chi connectivity index (χ1n) is 11.0. The van der Waals surface area contributed by atoms with Crippen molar-refractivity contribution in [1.29, 1.82) is 0 Å². The molecule has 0 spiro atoms. The summed E-state index contributed by atoms with van der Waals surface area (Å²) in [6, 6.07) is 9.82. The lowest BCUT2D eigenvalue weighted by Gasteiger charge is -2.08. The van der Waals surface area contributed by atoms with Crippen LogP contribution in [0.25, 0.3) is 16.6 Å². The van der Waals surface area contributed by atoms with Gasteiger partial charge in [0, 0.05) is 5.39 Å². The van der Waals surface area contributed by atoms with Crippen LogP contribution in [-0.4, -0.2) is 51.4 Å². The highest BCUT2D eigenvalue weighted by Crippen LogP contribution is 2.30. The molecule has 11 heteroatoms. The summed E-state index contributed by atoms with van der Waals surface area (Å²) in [5.74, 6) is -2.05. The van der Waals surface area contributed by atoms with Crippen molar-refractivity contribution in [2.45, 2.75) is 32.9 Å². The van der Waals surface area contributed by atoms with Gasteiger partial charge in [0.15, 0.2) is 10.8 Å². The standard InChI is InChI=1S/C24H24N4O6S/c1-5-32-22(30)19-14(4)34-21(20(19)23(31)33-6-2)25-18(29)12-35-24-27-26-17-11-13(3)15-9-7-8-10-16(15)28(17)24/h7-11H,5-6,12H2,1-4H3,(H,25,29). The van der Waals surface area contributed by atoms with Gasteiger partial charge < -0.3 is 13.9 Å². The van der Waals surface area contributed by atoms with Crippen molar-refractivity contribution in [2.75, 3.05) is 24.3 Å². The second kappa shape index (κ2) is 10.2. The quantitative estimate of drug-likeness (QED) is 0.282. The Morgan fingerprint density at radius 3 is 2.43 bits per heavy atom. The zero-order chi connectivity index (χ0) is 25.1. The fraction of sp³-hybridized carbons (Fsp3) is 0.292. The lowest BCUT2D eigenvalue weighted by molar-refractivity contribution is -0.113. The normalized spacial score (nSPS) is 11.1. The zero-order valence-corrected chi connectivity index (χ0v) is 20.5. The van der Waals surface area contributed by atoms with Crippen LogP contribution in [0.1, 0.15) is 45.9 Å². The van der Waals surface area contributed by atoms with Crippen molar-refractivity contribution < 1.29 is 28.3 Å². The number of furan rings is 1. The predicted molar refractivity (Wildman–Crippen MR) is 130 cm³/mol. The number of aryl methyl sites for hydroxylation is 2. The molecule has 1 amide bonds. The molecule has 4 aromatic rings. The van der Waals surface area contributed by atoms with E-state index in [0.29, 0.717) is 10.8 Å². The minimum absolute atomic E-state index is 0.0419. The van der Waals surface area contributed by atoms with Gasteiger partial charge in [-0.15, -0.1) is 10.2 Å². The van der Waals surface area contributed by atoms with Crippen molar-refractivity contribution in [3.05, 3.63) is 52.8 Å². The Bertz CT molecular complexity index is 1440. The average Bonchev–Trinajstić information content (AvgIpc) is 3.38. The Morgan fingerprint density at radius 2 is 1.71 bits per heavy atom. The van der Waals surface area contributed by atoms with Crippen LogP contribution >= 0.6 is 11.8 Å². The van der Waals surface area contributed by atoms with Crippen LogP contribution in [0, 0.1) is 13.8 Å². The number of carbonyl (C=O) groups excluding carboxylic acids is 3. The number of para-hydroxylation sites is 1. The molecule has 1 aromatic carbocycles. The summed E-state index contributed by atoms with van der Waals surface area (Å²) in [7, 11) is 0. The van der Waals surface area contributed by atoms with Crippen LogP contribution in [0.2, 0.25) is 0 Å². The van der Waals surface area contributed by atoms with E-state index in [9.17, 15) is 14.4 Å². The molecule has 3 aromatic heterocycles. The van der Waals surface area contributed by atoms with Gasteiger partial charge in [-0.1, -0.05) is 30.0 Å². The highest BCUT2D eigenvalue weighted by Gasteiger charge is 2.31. The number of amides is 1. The van der Waals surface area contributed by atoms with E-state index in [1.165, 1.54) is 18.7 Å². The maximum atomic E-state index is 12.8. The Hall–Kier alpha value is -3.86. The smallest absolute Gasteiger partial charge is 0.344 e. The van der Waals surface area contributed by atoms with Gasteiger partial charge in [0.05, 0.1) is 24.5 Å². The molecule has 3 heterocycles. The van der Waals surface area contributed by atoms with E-state index in [2.05, 4.69) is 15.5 Å². The number of hydrogen-bond donors (Lipinski definition) is 1. The highest BCUT2D eigenvalue weighted by atomic mass is 32.2. The third-order valence-electron chi connectivity index (χ3n) is 5.20.